The van der Waals surface area contributed by atoms with Gasteiger partial charge in [-0.3, -0.25) is 4.79 Å². The largest absolute Gasteiger partial charge is 0.465 e. The smallest absolute Gasteiger partial charge is 0.337 e. The third-order valence-electron chi connectivity index (χ3n) is 4.12. The molecule has 158 valence electrons. The fourth-order valence-electron chi connectivity index (χ4n) is 2.79. The minimum absolute atomic E-state index is 0.164. The van der Waals surface area contributed by atoms with Crippen molar-refractivity contribution >= 4 is 28.8 Å². The number of fused-ring (bicyclic) bond motifs is 1. The number of unbranched alkanes of at least 4 members (excludes halogenated alkanes) is 2. The Labute approximate surface area is 171 Å². The summed E-state index contributed by atoms with van der Waals surface area (Å²) in [6, 6.07) is 5.04. The maximum atomic E-state index is 11.7. The van der Waals surface area contributed by atoms with E-state index in [1.165, 1.54) is 7.11 Å². The summed E-state index contributed by atoms with van der Waals surface area (Å²) in [5.74, 6) is 0.0529. The number of esters is 2. The highest BCUT2D eigenvalue weighted by molar-refractivity contribution is 5.93. The van der Waals surface area contributed by atoms with Crippen molar-refractivity contribution in [1.82, 2.24) is 9.97 Å². The van der Waals surface area contributed by atoms with Gasteiger partial charge in [-0.25, -0.2) is 14.8 Å². The molecule has 0 saturated heterocycles. The summed E-state index contributed by atoms with van der Waals surface area (Å²) >= 11 is 0. The number of anilines is 1. The number of hydrogen-bond donors (Lipinski definition) is 2. The number of aromatic nitrogens is 2. The molecule has 0 radical (unpaired) electrons. The van der Waals surface area contributed by atoms with Crippen molar-refractivity contribution in [3.63, 3.8) is 0 Å². The van der Waals surface area contributed by atoms with Crippen LogP contribution in [0.2, 0.25) is 0 Å². The Hall–Kier alpha value is -2.74. The molecule has 1 aromatic carbocycles. The maximum Gasteiger partial charge on any atom is 0.337 e. The Balaban J connectivity index is 1.89. The van der Waals surface area contributed by atoms with Crippen LogP contribution >= 0.6 is 0 Å². The summed E-state index contributed by atoms with van der Waals surface area (Å²) in [5, 5.41) is 3.27. The van der Waals surface area contributed by atoms with Crippen LogP contribution in [0.4, 0.5) is 5.82 Å². The molecular weight excluding hydrogens is 372 g/mol. The maximum absolute atomic E-state index is 11.7. The second-order valence-corrected chi connectivity index (χ2v) is 7.74. The Kier molecular flexibility index (Phi) is 7.90. The van der Waals surface area contributed by atoms with Crippen LogP contribution in [0.15, 0.2) is 18.2 Å². The molecule has 1 aromatic heterocycles. The molecule has 0 saturated carbocycles. The van der Waals surface area contributed by atoms with Crippen molar-refractivity contribution in [2.45, 2.75) is 58.6 Å². The highest BCUT2D eigenvalue weighted by Gasteiger charge is 2.15. The molecule has 0 bridgehead atoms. The van der Waals surface area contributed by atoms with Crippen LogP contribution in [0.25, 0.3) is 11.0 Å². The molecule has 8 heteroatoms. The van der Waals surface area contributed by atoms with Gasteiger partial charge in [-0.05, 0) is 51.8 Å². The van der Waals surface area contributed by atoms with Gasteiger partial charge in [0.05, 0.1) is 29.4 Å². The summed E-state index contributed by atoms with van der Waals surface area (Å²) in [4.78, 5) is 32.5. The zero-order chi connectivity index (χ0) is 21.4. The highest BCUT2D eigenvalue weighted by atomic mass is 16.6. The first kappa shape index (κ1) is 22.5. The van der Waals surface area contributed by atoms with Crippen LogP contribution in [0, 0.1) is 0 Å². The van der Waals surface area contributed by atoms with Gasteiger partial charge in [0, 0.05) is 19.5 Å². The predicted molar refractivity (Wildman–Crippen MR) is 112 cm³/mol. The van der Waals surface area contributed by atoms with E-state index in [-0.39, 0.29) is 12.5 Å². The summed E-state index contributed by atoms with van der Waals surface area (Å²) < 4.78 is 10.0. The Morgan fingerprint density at radius 1 is 1.10 bits per heavy atom. The average molecular weight is 402 g/mol. The van der Waals surface area contributed by atoms with Gasteiger partial charge in [-0.2, -0.15) is 0 Å². The van der Waals surface area contributed by atoms with Gasteiger partial charge in [-0.1, -0.05) is 6.42 Å². The number of carbonyl (C=O) groups is 2. The zero-order valence-corrected chi connectivity index (χ0v) is 17.6. The molecule has 0 atom stereocenters. The molecule has 0 aliphatic rings. The van der Waals surface area contributed by atoms with Gasteiger partial charge < -0.3 is 20.5 Å². The third kappa shape index (κ3) is 6.98. The lowest BCUT2D eigenvalue weighted by atomic mass is 10.1. The first-order valence-corrected chi connectivity index (χ1v) is 9.78. The minimum Gasteiger partial charge on any atom is -0.465 e. The number of benzene rings is 1. The van der Waals surface area contributed by atoms with Crippen LogP contribution in [-0.2, 0) is 20.8 Å². The summed E-state index contributed by atoms with van der Waals surface area (Å²) in [7, 11) is 1.34. The first-order valence-electron chi connectivity index (χ1n) is 9.78. The summed E-state index contributed by atoms with van der Waals surface area (Å²) in [6.07, 6.45) is 2.98. The van der Waals surface area contributed by atoms with Gasteiger partial charge in [0.25, 0.3) is 0 Å². The van der Waals surface area contributed by atoms with E-state index in [2.05, 4.69) is 15.3 Å². The standard InChI is InChI=1S/C21H30N4O4/c1-21(2,3)29-18(26)8-6-5-7-11-23-19-17(13-22)24-16-12-14(20(27)28-4)9-10-15(16)25-19/h9-10,12H,5-8,11,13,22H2,1-4H3,(H,23,25). The Bertz CT molecular complexity index is 862. The SMILES string of the molecule is COC(=O)c1ccc2nc(NCCCCCC(=O)OC(C)(C)C)c(CN)nc2c1. The zero-order valence-electron chi connectivity index (χ0n) is 17.6. The molecular formula is C21H30N4O4. The number of nitrogens with zero attached hydrogens (tertiary/aromatic N) is 2. The highest BCUT2D eigenvalue weighted by Crippen LogP contribution is 2.19. The van der Waals surface area contributed by atoms with E-state index < -0.39 is 11.6 Å². The Morgan fingerprint density at radius 3 is 2.52 bits per heavy atom. The number of rotatable bonds is 9. The number of methoxy groups -OCH3 is 1. The van der Waals surface area contributed by atoms with Gasteiger partial charge >= 0.3 is 11.9 Å². The predicted octanol–water partition coefficient (Wildman–Crippen LogP) is 3.19. The summed E-state index contributed by atoms with van der Waals surface area (Å²) in [5.41, 5.74) is 7.69. The van der Waals surface area contributed by atoms with E-state index in [0.29, 0.717) is 41.1 Å². The normalized spacial score (nSPS) is 11.3. The number of hydrogen-bond acceptors (Lipinski definition) is 8. The molecule has 3 N–H and O–H groups in total. The number of carbonyl (C=O) groups excluding carboxylic acids is 2. The van der Waals surface area contributed by atoms with Crippen LogP contribution < -0.4 is 11.1 Å². The average Bonchev–Trinajstić information content (AvgIpc) is 2.67. The van der Waals surface area contributed by atoms with Crippen molar-refractivity contribution in [3.8, 4) is 0 Å². The van der Waals surface area contributed by atoms with E-state index in [0.717, 1.165) is 19.3 Å². The number of ether oxygens (including phenoxy) is 2. The molecule has 0 aliphatic heterocycles. The van der Waals surface area contributed by atoms with E-state index in [4.69, 9.17) is 15.2 Å². The van der Waals surface area contributed by atoms with Crippen molar-refractivity contribution in [1.29, 1.82) is 0 Å². The quantitative estimate of drug-likeness (QED) is 0.485. The molecule has 0 spiro atoms. The fourth-order valence-corrected chi connectivity index (χ4v) is 2.79. The van der Waals surface area contributed by atoms with Crippen LogP contribution in [0.5, 0.6) is 0 Å². The molecule has 0 unspecified atom stereocenters. The van der Waals surface area contributed by atoms with E-state index in [9.17, 15) is 9.59 Å². The summed E-state index contributed by atoms with van der Waals surface area (Å²) in [6.45, 7) is 6.52. The Morgan fingerprint density at radius 2 is 1.86 bits per heavy atom. The molecule has 29 heavy (non-hydrogen) atoms. The molecule has 2 aromatic rings. The second kappa shape index (κ2) is 10.2. The van der Waals surface area contributed by atoms with Crippen LogP contribution in [0.3, 0.4) is 0 Å². The van der Waals surface area contributed by atoms with Crippen molar-refractivity contribution in [3.05, 3.63) is 29.5 Å². The van der Waals surface area contributed by atoms with E-state index >= 15 is 0 Å². The monoisotopic (exact) mass is 402 g/mol. The van der Waals surface area contributed by atoms with E-state index in [1.807, 2.05) is 20.8 Å². The molecule has 0 fully saturated rings. The third-order valence-corrected chi connectivity index (χ3v) is 4.12. The molecule has 2 rings (SSSR count). The lowest BCUT2D eigenvalue weighted by Crippen LogP contribution is -2.23. The van der Waals surface area contributed by atoms with E-state index in [1.54, 1.807) is 18.2 Å². The molecule has 8 nitrogen and oxygen atoms in total. The number of nitrogens with two attached hydrogens (primary N) is 1. The topological polar surface area (TPSA) is 116 Å². The first-order chi connectivity index (χ1) is 13.7. The molecule has 1 heterocycles. The van der Waals surface area contributed by atoms with Crippen molar-refractivity contribution < 1.29 is 19.1 Å². The molecule has 0 aliphatic carbocycles. The lowest BCUT2D eigenvalue weighted by Gasteiger charge is -2.19. The molecule has 0 amide bonds. The van der Waals surface area contributed by atoms with Gasteiger partial charge in [0.2, 0.25) is 0 Å². The van der Waals surface area contributed by atoms with Gasteiger partial charge in [-0.15, -0.1) is 0 Å². The van der Waals surface area contributed by atoms with Crippen LogP contribution in [-0.4, -0.2) is 41.2 Å². The van der Waals surface area contributed by atoms with Crippen molar-refractivity contribution in [2.75, 3.05) is 19.0 Å². The van der Waals surface area contributed by atoms with Gasteiger partial charge in [0.1, 0.15) is 11.4 Å². The minimum atomic E-state index is -0.441. The van der Waals surface area contributed by atoms with Crippen molar-refractivity contribution in [2.24, 2.45) is 5.73 Å². The number of nitrogens with one attached hydrogen (secondary N) is 1. The van der Waals surface area contributed by atoms with Gasteiger partial charge in [0.15, 0.2) is 0 Å². The fraction of sp³-hybridized carbons (Fsp3) is 0.524. The lowest BCUT2D eigenvalue weighted by molar-refractivity contribution is -0.154. The second-order valence-electron chi connectivity index (χ2n) is 7.74. The van der Waals surface area contributed by atoms with Crippen LogP contribution in [0.1, 0.15) is 62.5 Å².